The number of carbonyl (C=O) groups is 1. The van der Waals surface area contributed by atoms with Crippen LogP contribution in [0, 0.1) is 11.6 Å². The van der Waals surface area contributed by atoms with Gasteiger partial charge in [-0.2, -0.15) is 0 Å². The number of rotatable bonds is 6. The molecule has 4 rings (SSSR count). The quantitative estimate of drug-likeness (QED) is 0.536. The van der Waals surface area contributed by atoms with E-state index in [2.05, 4.69) is 31.1 Å². The van der Waals surface area contributed by atoms with Crippen molar-refractivity contribution in [1.29, 1.82) is 0 Å². The maximum atomic E-state index is 14.5. The molecule has 32 heavy (non-hydrogen) atoms. The van der Waals surface area contributed by atoms with E-state index >= 15 is 0 Å². The van der Waals surface area contributed by atoms with Gasteiger partial charge in [-0.15, -0.1) is 10.2 Å². The van der Waals surface area contributed by atoms with Crippen LogP contribution >= 0.6 is 0 Å². The van der Waals surface area contributed by atoms with Crippen molar-refractivity contribution in [2.75, 3.05) is 24.2 Å². The van der Waals surface area contributed by atoms with Crippen molar-refractivity contribution in [1.82, 2.24) is 20.5 Å². The molecule has 0 radical (unpaired) electrons. The molecule has 0 saturated heterocycles. The summed E-state index contributed by atoms with van der Waals surface area (Å²) in [6.07, 6.45) is 0.822. The van der Waals surface area contributed by atoms with Gasteiger partial charge in [0.2, 0.25) is 0 Å². The molecular weight excluding hydrogens is 421 g/mol. The van der Waals surface area contributed by atoms with Gasteiger partial charge in [-0.1, -0.05) is 0 Å². The van der Waals surface area contributed by atoms with Crippen LogP contribution < -0.4 is 16.0 Å². The first-order valence-electron chi connectivity index (χ1n) is 10.0. The Morgan fingerprint density at radius 1 is 1.12 bits per heavy atom. The molecule has 0 bridgehead atoms. The maximum Gasteiger partial charge on any atom is 0.318 e. The van der Waals surface area contributed by atoms with Gasteiger partial charge in [-0.05, 0) is 55.3 Å². The molecule has 1 aliphatic rings. The molecule has 1 aliphatic carbocycles. The number of halogens is 3. The van der Waals surface area contributed by atoms with Gasteiger partial charge in [0.15, 0.2) is 0 Å². The van der Waals surface area contributed by atoms with Crippen LogP contribution in [-0.4, -0.2) is 41.0 Å². The SMILES string of the molecule is CNC(=O)Nc1ccc(-c2ccc(NCC3(c4ncccc4F)CC(F)C3)nn2)c(F)c1. The standard InChI is InChI=1S/C22H21F3N6O/c1-26-21(32)29-14-4-5-15(17(25)9-14)18-6-7-19(31-30-18)28-12-22(10-13(23)11-22)20-16(24)3-2-8-27-20/h2-9,13H,10-12H2,1H3,(H,28,31)(H2,26,29,32). The summed E-state index contributed by atoms with van der Waals surface area (Å²) in [5.41, 5.74) is 0.300. The average Bonchev–Trinajstić information content (AvgIpc) is 2.77. The zero-order chi connectivity index (χ0) is 22.7. The summed E-state index contributed by atoms with van der Waals surface area (Å²) in [6.45, 7) is 0.240. The lowest BCUT2D eigenvalue weighted by Crippen LogP contribution is -2.49. The van der Waals surface area contributed by atoms with E-state index in [0.29, 0.717) is 17.2 Å². The molecule has 3 N–H and O–H groups in total. The fraction of sp³-hybridized carbons (Fsp3) is 0.273. The van der Waals surface area contributed by atoms with Gasteiger partial charge in [-0.3, -0.25) is 4.98 Å². The average molecular weight is 442 g/mol. The van der Waals surface area contributed by atoms with Crippen LogP contribution in [0.3, 0.4) is 0 Å². The largest absolute Gasteiger partial charge is 0.368 e. The Bertz CT molecular complexity index is 1120. The van der Waals surface area contributed by atoms with E-state index in [4.69, 9.17) is 0 Å². The number of urea groups is 1. The van der Waals surface area contributed by atoms with Crippen LogP contribution in [0.2, 0.25) is 0 Å². The second kappa shape index (κ2) is 8.81. The number of nitrogens with zero attached hydrogens (tertiary/aromatic N) is 3. The first-order chi connectivity index (χ1) is 15.4. The number of anilines is 2. The molecule has 1 saturated carbocycles. The summed E-state index contributed by atoms with van der Waals surface area (Å²) in [5, 5.41) is 16.1. The third-order valence-corrected chi connectivity index (χ3v) is 5.49. The van der Waals surface area contributed by atoms with Crippen molar-refractivity contribution in [3.05, 3.63) is 66.0 Å². The van der Waals surface area contributed by atoms with Crippen LogP contribution in [0.4, 0.5) is 29.5 Å². The molecule has 0 unspecified atom stereocenters. The predicted molar refractivity (Wildman–Crippen MR) is 114 cm³/mol. The first kappa shape index (κ1) is 21.5. The van der Waals surface area contributed by atoms with Crippen LogP contribution in [-0.2, 0) is 5.41 Å². The summed E-state index contributed by atoms with van der Waals surface area (Å²) in [7, 11) is 1.46. The Morgan fingerprint density at radius 3 is 2.56 bits per heavy atom. The van der Waals surface area contributed by atoms with Crippen molar-refractivity contribution < 1.29 is 18.0 Å². The van der Waals surface area contributed by atoms with E-state index in [-0.39, 0.29) is 30.6 Å². The Kier molecular flexibility index (Phi) is 5.93. The van der Waals surface area contributed by atoms with Crippen LogP contribution in [0.25, 0.3) is 11.3 Å². The smallest absolute Gasteiger partial charge is 0.318 e. The minimum atomic E-state index is -1.00. The van der Waals surface area contributed by atoms with E-state index in [1.165, 1.54) is 37.5 Å². The molecule has 7 nitrogen and oxygen atoms in total. The number of amides is 2. The van der Waals surface area contributed by atoms with Gasteiger partial charge in [0, 0.05) is 36.5 Å². The van der Waals surface area contributed by atoms with Crippen molar-refractivity contribution in [2.24, 2.45) is 0 Å². The van der Waals surface area contributed by atoms with E-state index in [0.717, 1.165) is 0 Å². The number of nitrogens with one attached hydrogen (secondary N) is 3. The molecule has 166 valence electrons. The fourth-order valence-electron chi connectivity index (χ4n) is 3.81. The number of benzene rings is 1. The summed E-state index contributed by atoms with van der Waals surface area (Å²) in [5.74, 6) is -0.639. The van der Waals surface area contributed by atoms with E-state index in [1.54, 1.807) is 18.2 Å². The third-order valence-electron chi connectivity index (χ3n) is 5.49. The number of hydrogen-bond acceptors (Lipinski definition) is 5. The number of carbonyl (C=O) groups excluding carboxylic acids is 1. The summed E-state index contributed by atoms with van der Waals surface area (Å²) >= 11 is 0. The molecule has 1 fully saturated rings. The maximum absolute atomic E-state index is 14.5. The molecule has 1 aromatic carbocycles. The van der Waals surface area contributed by atoms with Crippen molar-refractivity contribution >= 4 is 17.5 Å². The highest BCUT2D eigenvalue weighted by molar-refractivity contribution is 5.89. The molecule has 0 spiro atoms. The zero-order valence-electron chi connectivity index (χ0n) is 17.2. The minimum Gasteiger partial charge on any atom is -0.368 e. The Labute approximate surface area is 182 Å². The van der Waals surface area contributed by atoms with Crippen molar-refractivity contribution in [3.8, 4) is 11.3 Å². The lowest BCUT2D eigenvalue weighted by Gasteiger charge is -2.44. The van der Waals surface area contributed by atoms with Crippen molar-refractivity contribution in [2.45, 2.75) is 24.4 Å². The van der Waals surface area contributed by atoms with E-state index in [9.17, 15) is 18.0 Å². The molecular formula is C22H21F3N6O. The normalized spacial score (nSPS) is 19.7. The Balaban J connectivity index is 1.46. The van der Waals surface area contributed by atoms with E-state index < -0.39 is 29.3 Å². The Hall–Kier alpha value is -3.69. The molecule has 2 amide bonds. The second-order valence-electron chi connectivity index (χ2n) is 7.68. The monoisotopic (exact) mass is 442 g/mol. The van der Waals surface area contributed by atoms with Crippen LogP contribution in [0.1, 0.15) is 18.5 Å². The lowest BCUT2D eigenvalue weighted by molar-refractivity contribution is 0.0964. The topological polar surface area (TPSA) is 91.8 Å². The first-order valence-corrected chi connectivity index (χ1v) is 10.0. The number of aromatic nitrogens is 3. The van der Waals surface area contributed by atoms with Gasteiger partial charge in [0.1, 0.15) is 23.6 Å². The molecule has 0 aliphatic heterocycles. The van der Waals surface area contributed by atoms with Gasteiger partial charge in [-0.25, -0.2) is 18.0 Å². The Morgan fingerprint density at radius 2 is 1.94 bits per heavy atom. The predicted octanol–water partition coefficient (Wildman–Crippen LogP) is 4.05. The summed E-state index contributed by atoms with van der Waals surface area (Å²) < 4.78 is 42.4. The number of hydrogen-bond donors (Lipinski definition) is 3. The number of alkyl halides is 1. The van der Waals surface area contributed by atoms with E-state index in [1.807, 2.05) is 0 Å². The van der Waals surface area contributed by atoms with Gasteiger partial charge in [0.25, 0.3) is 0 Å². The molecule has 0 atom stereocenters. The highest BCUT2D eigenvalue weighted by Gasteiger charge is 2.48. The highest BCUT2D eigenvalue weighted by Crippen LogP contribution is 2.45. The van der Waals surface area contributed by atoms with Crippen LogP contribution in [0.5, 0.6) is 0 Å². The highest BCUT2D eigenvalue weighted by atomic mass is 19.1. The molecule has 10 heteroatoms. The lowest BCUT2D eigenvalue weighted by atomic mass is 9.65. The van der Waals surface area contributed by atoms with Crippen LogP contribution in [0.15, 0.2) is 48.7 Å². The van der Waals surface area contributed by atoms with Gasteiger partial charge >= 0.3 is 6.03 Å². The minimum absolute atomic E-state index is 0.168. The molecule has 2 aromatic heterocycles. The van der Waals surface area contributed by atoms with Crippen molar-refractivity contribution in [3.63, 3.8) is 0 Å². The summed E-state index contributed by atoms with van der Waals surface area (Å²) in [6, 6.07) is 9.79. The third kappa shape index (κ3) is 4.34. The second-order valence-corrected chi connectivity index (χ2v) is 7.68. The van der Waals surface area contributed by atoms with Gasteiger partial charge in [0.05, 0.1) is 11.4 Å². The zero-order valence-corrected chi connectivity index (χ0v) is 17.2. The fourth-order valence-corrected chi connectivity index (χ4v) is 3.81. The molecule has 2 heterocycles. The van der Waals surface area contributed by atoms with Gasteiger partial charge < -0.3 is 16.0 Å². The molecule has 3 aromatic rings. The summed E-state index contributed by atoms with van der Waals surface area (Å²) in [4.78, 5) is 15.5. The number of pyridine rings is 1.